The van der Waals surface area contributed by atoms with Gasteiger partial charge in [0.2, 0.25) is 11.7 Å². The summed E-state index contributed by atoms with van der Waals surface area (Å²) in [6.45, 7) is 2.48. The van der Waals surface area contributed by atoms with Gasteiger partial charge in [-0.25, -0.2) is 9.99 Å². The molecule has 2 heterocycles. The Morgan fingerprint density at radius 2 is 1.54 bits per heavy atom. The van der Waals surface area contributed by atoms with Crippen LogP contribution in [-0.4, -0.2) is 42.2 Å². The number of ether oxygens (including phenoxy) is 1. The number of amides is 1. The summed E-state index contributed by atoms with van der Waals surface area (Å²) in [7, 11) is 0. The van der Waals surface area contributed by atoms with Crippen LogP contribution in [0.2, 0.25) is 0 Å². The first-order valence-electron chi connectivity index (χ1n) is 8.56. The molecular formula is C20H19N3O3. The highest BCUT2D eigenvalue weighted by molar-refractivity contribution is 5.97. The zero-order valence-corrected chi connectivity index (χ0v) is 14.2. The number of benzene rings is 2. The number of hydrogen-bond acceptors (Lipinski definition) is 5. The molecule has 4 rings (SSSR count). The van der Waals surface area contributed by atoms with Gasteiger partial charge in [-0.15, -0.1) is 0 Å². The molecule has 0 bridgehead atoms. The van der Waals surface area contributed by atoms with Crippen LogP contribution in [0, 0.1) is 0 Å². The smallest absolute Gasteiger partial charge is 0.303 e. The first-order chi connectivity index (χ1) is 12.8. The average Bonchev–Trinajstić information content (AvgIpc) is 3.16. The Kier molecular flexibility index (Phi) is 4.77. The maximum Gasteiger partial charge on any atom is 0.303 e. The lowest BCUT2D eigenvalue weighted by molar-refractivity contribution is 0.0118. The predicted molar refractivity (Wildman–Crippen MR) is 97.2 cm³/mol. The third-order valence-corrected chi connectivity index (χ3v) is 4.17. The van der Waals surface area contributed by atoms with Crippen LogP contribution in [0.15, 0.2) is 65.1 Å². The molecule has 0 aliphatic carbocycles. The molecule has 3 aromatic rings. The number of carbonyl (C=O) groups is 1. The van der Waals surface area contributed by atoms with Crippen molar-refractivity contribution in [3.8, 4) is 22.7 Å². The van der Waals surface area contributed by atoms with E-state index in [0.29, 0.717) is 37.9 Å². The summed E-state index contributed by atoms with van der Waals surface area (Å²) < 4.78 is 11.2. The number of nitrogens with one attached hydrogen (secondary N) is 1. The van der Waals surface area contributed by atoms with E-state index in [1.807, 2.05) is 65.7 Å². The Morgan fingerprint density at radius 3 is 2.19 bits per heavy atom. The average molecular weight is 349 g/mol. The molecule has 0 spiro atoms. The molecule has 0 saturated carbocycles. The topological polar surface area (TPSA) is 67.6 Å². The van der Waals surface area contributed by atoms with E-state index in [1.165, 1.54) is 0 Å². The van der Waals surface area contributed by atoms with Crippen LogP contribution in [0.25, 0.3) is 22.7 Å². The van der Waals surface area contributed by atoms with E-state index in [0.717, 1.165) is 11.1 Å². The summed E-state index contributed by atoms with van der Waals surface area (Å²) in [6.07, 6.45) is 0. The van der Waals surface area contributed by atoms with Crippen molar-refractivity contribution in [2.75, 3.05) is 26.3 Å². The molecule has 132 valence electrons. The molecule has 1 aromatic heterocycles. The molecule has 0 unspecified atom stereocenters. The number of nitrogens with zero attached hydrogens (tertiary/aromatic N) is 2. The van der Waals surface area contributed by atoms with Crippen molar-refractivity contribution < 1.29 is 13.9 Å². The number of morpholine rings is 1. The second kappa shape index (κ2) is 7.51. The van der Waals surface area contributed by atoms with Crippen LogP contribution >= 0.6 is 0 Å². The van der Waals surface area contributed by atoms with E-state index in [4.69, 9.17) is 9.15 Å². The Balaban J connectivity index is 1.69. The number of rotatable bonds is 4. The minimum absolute atomic E-state index is 0.210. The number of hydrazine groups is 1. The van der Waals surface area contributed by atoms with Crippen LogP contribution in [-0.2, 0) is 4.74 Å². The van der Waals surface area contributed by atoms with Crippen LogP contribution in [0.5, 0.6) is 0 Å². The number of oxazole rings is 1. The van der Waals surface area contributed by atoms with Gasteiger partial charge in [-0.1, -0.05) is 48.5 Å². The molecule has 0 atom stereocenters. The summed E-state index contributed by atoms with van der Waals surface area (Å²) in [6, 6.07) is 19.1. The minimum Gasteiger partial charge on any atom is -0.430 e. The quantitative estimate of drug-likeness (QED) is 0.784. The van der Waals surface area contributed by atoms with Crippen molar-refractivity contribution in [2.24, 2.45) is 0 Å². The fourth-order valence-electron chi connectivity index (χ4n) is 2.84. The number of carbonyl (C=O) groups excluding carboxylic acids is 1. The lowest BCUT2D eigenvalue weighted by Crippen LogP contribution is -2.48. The second-order valence-electron chi connectivity index (χ2n) is 5.97. The summed E-state index contributed by atoms with van der Waals surface area (Å²) in [5.41, 5.74) is 5.10. The highest BCUT2D eigenvalue weighted by Gasteiger charge is 2.24. The summed E-state index contributed by atoms with van der Waals surface area (Å²) in [4.78, 5) is 17.4. The summed E-state index contributed by atoms with van der Waals surface area (Å²) >= 11 is 0. The maximum atomic E-state index is 12.8. The van der Waals surface area contributed by atoms with Gasteiger partial charge < -0.3 is 9.15 Å². The van der Waals surface area contributed by atoms with Gasteiger partial charge in [-0.3, -0.25) is 10.2 Å². The molecular weight excluding hydrogens is 330 g/mol. The predicted octanol–water partition coefficient (Wildman–Crippen LogP) is 2.99. The largest absolute Gasteiger partial charge is 0.430 e. The molecule has 1 aliphatic rings. The van der Waals surface area contributed by atoms with E-state index in [2.05, 4.69) is 10.4 Å². The van der Waals surface area contributed by atoms with E-state index < -0.39 is 0 Å². The van der Waals surface area contributed by atoms with Gasteiger partial charge in [0.25, 0.3) is 0 Å². The Morgan fingerprint density at radius 1 is 0.923 bits per heavy atom. The molecule has 26 heavy (non-hydrogen) atoms. The van der Waals surface area contributed by atoms with Gasteiger partial charge in [0.05, 0.1) is 13.2 Å². The van der Waals surface area contributed by atoms with Crippen molar-refractivity contribution in [2.45, 2.75) is 0 Å². The monoisotopic (exact) mass is 349 g/mol. The van der Waals surface area contributed by atoms with Crippen molar-refractivity contribution in [1.29, 1.82) is 0 Å². The molecule has 6 nitrogen and oxygen atoms in total. The zero-order valence-electron chi connectivity index (χ0n) is 14.2. The normalized spacial score (nSPS) is 14.9. The highest BCUT2D eigenvalue weighted by atomic mass is 16.5. The summed E-state index contributed by atoms with van der Waals surface area (Å²) in [5.74, 6) is 0.332. The molecule has 1 fully saturated rings. The van der Waals surface area contributed by atoms with E-state index in [9.17, 15) is 4.79 Å². The fraction of sp³-hybridized carbons (Fsp3) is 0.200. The Labute approximate surface area is 151 Å². The van der Waals surface area contributed by atoms with E-state index in [-0.39, 0.29) is 11.7 Å². The molecule has 0 radical (unpaired) electrons. The standard InChI is InChI=1S/C20H19N3O3/c24-19(22-23-11-13-25-14-12-23)18-17(15-7-3-1-4-8-15)21-20(26-18)16-9-5-2-6-10-16/h1-10H,11-14H2,(H,22,24). The van der Waals surface area contributed by atoms with E-state index >= 15 is 0 Å². The Hall–Kier alpha value is -2.96. The van der Waals surface area contributed by atoms with Crippen molar-refractivity contribution in [1.82, 2.24) is 15.4 Å². The maximum absolute atomic E-state index is 12.8. The molecule has 6 heteroatoms. The summed E-state index contributed by atoms with van der Waals surface area (Å²) in [5, 5.41) is 1.84. The number of hydrogen-bond donors (Lipinski definition) is 1. The molecule has 2 aromatic carbocycles. The SMILES string of the molecule is O=C(NN1CCOCC1)c1oc(-c2ccccc2)nc1-c1ccccc1. The lowest BCUT2D eigenvalue weighted by Gasteiger charge is -2.26. The third-order valence-electron chi connectivity index (χ3n) is 4.17. The minimum atomic E-state index is -0.305. The van der Waals surface area contributed by atoms with E-state index in [1.54, 1.807) is 0 Å². The van der Waals surface area contributed by atoms with Gasteiger partial charge in [0.1, 0.15) is 5.69 Å². The third kappa shape index (κ3) is 3.51. The van der Waals surface area contributed by atoms with Crippen molar-refractivity contribution in [3.63, 3.8) is 0 Å². The lowest BCUT2D eigenvalue weighted by atomic mass is 10.1. The van der Waals surface area contributed by atoms with Gasteiger partial charge in [-0.05, 0) is 12.1 Å². The Bertz CT molecular complexity index is 872. The van der Waals surface area contributed by atoms with Crippen LogP contribution in [0.1, 0.15) is 10.6 Å². The first kappa shape index (κ1) is 16.5. The highest BCUT2D eigenvalue weighted by Crippen LogP contribution is 2.29. The van der Waals surface area contributed by atoms with Gasteiger partial charge >= 0.3 is 5.91 Å². The van der Waals surface area contributed by atoms with Crippen LogP contribution < -0.4 is 5.43 Å². The molecule has 1 amide bonds. The molecule has 1 saturated heterocycles. The number of aromatic nitrogens is 1. The first-order valence-corrected chi connectivity index (χ1v) is 8.56. The molecule has 1 N–H and O–H groups in total. The molecule has 1 aliphatic heterocycles. The van der Waals surface area contributed by atoms with Crippen molar-refractivity contribution >= 4 is 5.91 Å². The van der Waals surface area contributed by atoms with Crippen LogP contribution in [0.4, 0.5) is 0 Å². The second-order valence-corrected chi connectivity index (χ2v) is 5.97. The zero-order chi connectivity index (χ0) is 17.8. The fourth-order valence-corrected chi connectivity index (χ4v) is 2.84. The van der Waals surface area contributed by atoms with Gasteiger partial charge in [0.15, 0.2) is 0 Å². The van der Waals surface area contributed by atoms with Crippen LogP contribution in [0.3, 0.4) is 0 Å². The van der Waals surface area contributed by atoms with Gasteiger partial charge in [0, 0.05) is 24.2 Å². The van der Waals surface area contributed by atoms with Gasteiger partial charge in [-0.2, -0.15) is 0 Å². The van der Waals surface area contributed by atoms with Crippen molar-refractivity contribution in [3.05, 3.63) is 66.4 Å².